The molecule has 3 aliphatic heterocycles. The fraction of sp³-hybridized carbons (Fsp3) is 0.667. The molecule has 1 aromatic carbocycles. The van der Waals surface area contributed by atoms with Gasteiger partial charge in [0.2, 0.25) is 17.7 Å². The van der Waals surface area contributed by atoms with Crippen molar-refractivity contribution in [2.24, 2.45) is 11.8 Å². The van der Waals surface area contributed by atoms with Crippen molar-refractivity contribution in [1.29, 1.82) is 0 Å². The van der Waals surface area contributed by atoms with E-state index in [4.69, 9.17) is 14.6 Å². The Morgan fingerprint density at radius 3 is 2.61 bits per heavy atom. The van der Waals surface area contributed by atoms with Gasteiger partial charge in [0.15, 0.2) is 0 Å². The Labute approximate surface area is 212 Å². The van der Waals surface area contributed by atoms with E-state index in [0.29, 0.717) is 51.1 Å². The van der Waals surface area contributed by atoms with E-state index in [-0.39, 0.29) is 30.4 Å². The summed E-state index contributed by atoms with van der Waals surface area (Å²) in [5.74, 6) is -1.24. The van der Waals surface area contributed by atoms with E-state index < -0.39 is 23.5 Å². The highest BCUT2D eigenvalue weighted by atomic mass is 16.5. The van der Waals surface area contributed by atoms with E-state index in [0.717, 1.165) is 25.0 Å². The summed E-state index contributed by atoms with van der Waals surface area (Å²) in [6.45, 7) is 5.58. The molecule has 36 heavy (non-hydrogen) atoms. The molecule has 0 aromatic heterocycles. The standard InChI is InChI=1S/C27H39N3O6/c1-3-5-15-28-25(33)23-27-14-13-20(36-27)21(22(27)26(34)30(23)16-7-6-8-17-31)24(32)29-18-9-11-19(12-10-18)35-4-2/h9-12,20-23,31H,3-8,13-17H2,1-2H3,(H,28,33)(H,29,32)/t20-,21+,22-,23?,27?/m0/s1. The summed E-state index contributed by atoms with van der Waals surface area (Å²) in [6, 6.07) is 6.41. The molecule has 198 valence electrons. The Hall–Kier alpha value is -2.65. The van der Waals surface area contributed by atoms with E-state index in [1.54, 1.807) is 29.2 Å². The molecule has 5 atom stereocenters. The number of nitrogens with one attached hydrogen (secondary N) is 2. The molecule has 1 aromatic rings. The van der Waals surface area contributed by atoms with Crippen LogP contribution in [0.2, 0.25) is 0 Å². The number of aliphatic hydroxyl groups excluding tert-OH is 1. The molecule has 0 saturated carbocycles. The summed E-state index contributed by atoms with van der Waals surface area (Å²) >= 11 is 0. The number of carbonyl (C=O) groups is 3. The third-order valence-electron chi connectivity index (χ3n) is 7.67. The summed E-state index contributed by atoms with van der Waals surface area (Å²) in [5, 5.41) is 15.1. The smallest absolute Gasteiger partial charge is 0.245 e. The number of hydrogen-bond donors (Lipinski definition) is 3. The van der Waals surface area contributed by atoms with Gasteiger partial charge in [-0.05, 0) is 69.7 Å². The lowest BCUT2D eigenvalue weighted by molar-refractivity contribution is -0.141. The highest BCUT2D eigenvalue weighted by molar-refractivity contribution is 6.02. The summed E-state index contributed by atoms with van der Waals surface area (Å²) in [5.41, 5.74) is -0.351. The molecule has 2 bridgehead atoms. The SMILES string of the molecule is CCCCNC(=O)C1N(CCCCCO)C(=O)[C@@H]2[C@H](C(=O)Nc3ccc(OCC)cc3)[C@@H]3CCC12O3. The first kappa shape index (κ1) is 26.4. The minimum absolute atomic E-state index is 0.0972. The number of likely N-dealkylation sites (tertiary alicyclic amines) is 1. The third kappa shape index (κ3) is 4.95. The van der Waals surface area contributed by atoms with Gasteiger partial charge in [0, 0.05) is 25.4 Å². The Bertz CT molecular complexity index is 938. The average molecular weight is 502 g/mol. The molecule has 3 saturated heterocycles. The number of unbranched alkanes of at least 4 members (excludes halogenated alkanes) is 3. The number of nitrogens with zero attached hydrogens (tertiary/aromatic N) is 1. The summed E-state index contributed by atoms with van der Waals surface area (Å²) in [4.78, 5) is 42.3. The number of hydrogen-bond acceptors (Lipinski definition) is 6. The first-order chi connectivity index (χ1) is 17.5. The first-order valence-corrected chi connectivity index (χ1v) is 13.4. The van der Waals surface area contributed by atoms with Crippen LogP contribution < -0.4 is 15.4 Å². The van der Waals surface area contributed by atoms with Crippen LogP contribution in [0.3, 0.4) is 0 Å². The van der Waals surface area contributed by atoms with Crippen LogP contribution in [-0.2, 0) is 19.1 Å². The number of benzene rings is 1. The molecule has 3 heterocycles. The molecule has 3 N–H and O–H groups in total. The second-order valence-electron chi connectivity index (χ2n) is 9.96. The lowest BCUT2D eigenvalue weighted by atomic mass is 9.70. The predicted octanol–water partition coefficient (Wildman–Crippen LogP) is 2.48. The summed E-state index contributed by atoms with van der Waals surface area (Å²) < 4.78 is 11.9. The van der Waals surface area contributed by atoms with Crippen LogP contribution in [0, 0.1) is 11.8 Å². The van der Waals surface area contributed by atoms with E-state index in [1.165, 1.54) is 0 Å². The minimum atomic E-state index is -0.976. The second kappa shape index (κ2) is 11.6. The van der Waals surface area contributed by atoms with Gasteiger partial charge in [-0.2, -0.15) is 0 Å². The second-order valence-corrected chi connectivity index (χ2v) is 9.96. The number of ether oxygens (including phenoxy) is 2. The molecule has 1 spiro atoms. The van der Waals surface area contributed by atoms with Gasteiger partial charge in [0.05, 0.1) is 24.5 Å². The van der Waals surface area contributed by atoms with Gasteiger partial charge in [-0.15, -0.1) is 0 Å². The van der Waals surface area contributed by atoms with E-state index >= 15 is 0 Å². The molecule has 0 aliphatic carbocycles. The average Bonchev–Trinajstić information content (AvgIpc) is 3.51. The first-order valence-electron chi connectivity index (χ1n) is 13.4. The fourth-order valence-electron chi connectivity index (χ4n) is 6.08. The maximum atomic E-state index is 13.8. The maximum absolute atomic E-state index is 13.8. The Morgan fingerprint density at radius 2 is 1.92 bits per heavy atom. The summed E-state index contributed by atoms with van der Waals surface area (Å²) in [6.07, 6.45) is 4.74. The van der Waals surface area contributed by atoms with Gasteiger partial charge in [0.25, 0.3) is 0 Å². The number of carbonyl (C=O) groups excluding carboxylic acids is 3. The van der Waals surface area contributed by atoms with Crippen molar-refractivity contribution in [3.63, 3.8) is 0 Å². The molecule has 0 radical (unpaired) electrons. The molecule has 3 fully saturated rings. The van der Waals surface area contributed by atoms with E-state index in [2.05, 4.69) is 17.6 Å². The quantitative estimate of drug-likeness (QED) is 0.358. The molecule has 9 heteroatoms. The summed E-state index contributed by atoms with van der Waals surface area (Å²) in [7, 11) is 0. The van der Waals surface area contributed by atoms with Gasteiger partial charge < -0.3 is 30.1 Å². The minimum Gasteiger partial charge on any atom is -0.494 e. The normalized spacial score (nSPS) is 28.3. The molecular weight excluding hydrogens is 462 g/mol. The van der Waals surface area contributed by atoms with Crippen LogP contribution in [0.4, 0.5) is 5.69 Å². The Morgan fingerprint density at radius 1 is 1.14 bits per heavy atom. The van der Waals surface area contributed by atoms with Crippen molar-refractivity contribution in [2.75, 3.05) is 31.6 Å². The number of fused-ring (bicyclic) bond motifs is 1. The van der Waals surface area contributed by atoms with Gasteiger partial charge in [-0.25, -0.2) is 0 Å². The number of aliphatic hydroxyl groups is 1. The van der Waals surface area contributed by atoms with Crippen LogP contribution in [0.1, 0.15) is 58.8 Å². The molecular formula is C27H39N3O6. The molecule has 3 amide bonds. The van der Waals surface area contributed by atoms with Gasteiger partial charge >= 0.3 is 0 Å². The van der Waals surface area contributed by atoms with Crippen molar-refractivity contribution in [3.8, 4) is 5.75 Å². The van der Waals surface area contributed by atoms with Crippen molar-refractivity contribution < 1.29 is 29.0 Å². The lowest BCUT2D eigenvalue weighted by Gasteiger charge is -2.33. The highest BCUT2D eigenvalue weighted by Crippen LogP contribution is 2.58. The van der Waals surface area contributed by atoms with Crippen molar-refractivity contribution in [3.05, 3.63) is 24.3 Å². The Balaban J connectivity index is 1.55. The molecule has 2 unspecified atom stereocenters. The van der Waals surface area contributed by atoms with Crippen LogP contribution in [-0.4, -0.2) is 71.8 Å². The van der Waals surface area contributed by atoms with Crippen LogP contribution in [0.15, 0.2) is 24.3 Å². The monoisotopic (exact) mass is 501 g/mol. The highest BCUT2D eigenvalue weighted by Gasteiger charge is 2.74. The molecule has 9 nitrogen and oxygen atoms in total. The maximum Gasteiger partial charge on any atom is 0.245 e. The van der Waals surface area contributed by atoms with Crippen LogP contribution >= 0.6 is 0 Å². The number of anilines is 1. The van der Waals surface area contributed by atoms with E-state index in [9.17, 15) is 14.4 Å². The van der Waals surface area contributed by atoms with Crippen LogP contribution in [0.25, 0.3) is 0 Å². The Kier molecular flexibility index (Phi) is 8.51. The zero-order valence-corrected chi connectivity index (χ0v) is 21.3. The number of rotatable bonds is 13. The van der Waals surface area contributed by atoms with Crippen molar-refractivity contribution >= 4 is 23.4 Å². The van der Waals surface area contributed by atoms with Gasteiger partial charge in [-0.3, -0.25) is 14.4 Å². The fourth-order valence-corrected chi connectivity index (χ4v) is 6.08. The number of amides is 3. The predicted molar refractivity (Wildman–Crippen MR) is 134 cm³/mol. The van der Waals surface area contributed by atoms with E-state index in [1.807, 2.05) is 6.92 Å². The molecule has 4 rings (SSSR count). The molecule has 3 aliphatic rings. The van der Waals surface area contributed by atoms with Crippen molar-refractivity contribution in [2.45, 2.75) is 76.5 Å². The van der Waals surface area contributed by atoms with Crippen LogP contribution in [0.5, 0.6) is 5.75 Å². The zero-order chi connectivity index (χ0) is 25.7. The van der Waals surface area contributed by atoms with Crippen molar-refractivity contribution in [1.82, 2.24) is 10.2 Å². The van der Waals surface area contributed by atoms with Gasteiger partial charge in [0.1, 0.15) is 17.4 Å². The largest absolute Gasteiger partial charge is 0.494 e. The lowest BCUT2D eigenvalue weighted by Crippen LogP contribution is -2.55. The zero-order valence-electron chi connectivity index (χ0n) is 21.3. The third-order valence-corrected chi connectivity index (χ3v) is 7.67. The van der Waals surface area contributed by atoms with Gasteiger partial charge in [-0.1, -0.05) is 13.3 Å². The topological polar surface area (TPSA) is 117 Å².